The number of Topliss-reactive ketones (excluding diaryl/α,β-unsaturated/α-hetero) is 1. The third kappa shape index (κ3) is 2.87. The molecule has 0 heterocycles. The van der Waals surface area contributed by atoms with Crippen molar-refractivity contribution in [2.24, 2.45) is 0 Å². The second-order valence-electron chi connectivity index (χ2n) is 3.27. The van der Waals surface area contributed by atoms with Crippen molar-refractivity contribution in [1.82, 2.24) is 5.32 Å². The molecule has 1 rings (SSSR count). The summed E-state index contributed by atoms with van der Waals surface area (Å²) in [5.74, 6) is -1.15. The molecular formula is C11H12FNO2. The highest BCUT2D eigenvalue weighted by molar-refractivity contribution is 5.87. The lowest BCUT2D eigenvalue weighted by atomic mass is 10.0. The summed E-state index contributed by atoms with van der Waals surface area (Å²) in [4.78, 5) is 22.1. The molecule has 1 aromatic rings. The lowest BCUT2D eigenvalue weighted by molar-refractivity contribution is -0.125. The van der Waals surface area contributed by atoms with Crippen molar-refractivity contribution in [3.8, 4) is 0 Å². The number of carbonyl (C=O) groups is 2. The molecule has 4 heteroatoms. The number of benzene rings is 1. The summed E-state index contributed by atoms with van der Waals surface area (Å²) in [7, 11) is 0. The van der Waals surface area contributed by atoms with Gasteiger partial charge in [-0.2, -0.15) is 0 Å². The van der Waals surface area contributed by atoms with Gasteiger partial charge >= 0.3 is 0 Å². The second kappa shape index (κ2) is 4.68. The van der Waals surface area contributed by atoms with E-state index in [-0.39, 0.29) is 17.3 Å². The molecule has 1 aromatic carbocycles. The van der Waals surface area contributed by atoms with Crippen LogP contribution < -0.4 is 5.32 Å². The van der Waals surface area contributed by atoms with Gasteiger partial charge in [0, 0.05) is 12.5 Å². The first-order valence-electron chi connectivity index (χ1n) is 4.54. The molecule has 0 aliphatic rings. The SMILES string of the molecule is CC(=O)NC(C(C)=O)c1ccccc1F. The fraction of sp³-hybridized carbons (Fsp3) is 0.273. The lowest BCUT2D eigenvalue weighted by Crippen LogP contribution is -2.31. The van der Waals surface area contributed by atoms with Crippen molar-refractivity contribution >= 4 is 11.7 Å². The van der Waals surface area contributed by atoms with E-state index in [0.29, 0.717) is 0 Å². The summed E-state index contributed by atoms with van der Waals surface area (Å²) in [6.45, 7) is 2.60. The Kier molecular flexibility index (Phi) is 3.55. The summed E-state index contributed by atoms with van der Waals surface area (Å²) in [5.41, 5.74) is 0.195. The average Bonchev–Trinajstić information content (AvgIpc) is 2.15. The van der Waals surface area contributed by atoms with Crippen LogP contribution in [-0.2, 0) is 9.59 Å². The van der Waals surface area contributed by atoms with Crippen molar-refractivity contribution in [1.29, 1.82) is 0 Å². The second-order valence-corrected chi connectivity index (χ2v) is 3.27. The van der Waals surface area contributed by atoms with Crippen molar-refractivity contribution in [3.63, 3.8) is 0 Å². The molecule has 0 aliphatic heterocycles. The highest BCUT2D eigenvalue weighted by Gasteiger charge is 2.20. The van der Waals surface area contributed by atoms with Crippen LogP contribution in [0.2, 0.25) is 0 Å². The van der Waals surface area contributed by atoms with E-state index in [1.165, 1.54) is 32.0 Å². The number of rotatable bonds is 3. The number of amides is 1. The molecule has 1 N–H and O–H groups in total. The predicted octanol–water partition coefficient (Wildman–Crippen LogP) is 1.59. The molecule has 0 spiro atoms. The molecule has 0 fully saturated rings. The molecule has 0 saturated heterocycles. The maximum atomic E-state index is 13.3. The van der Waals surface area contributed by atoms with Gasteiger partial charge in [-0.05, 0) is 13.0 Å². The van der Waals surface area contributed by atoms with Crippen LogP contribution in [0.4, 0.5) is 4.39 Å². The third-order valence-electron chi connectivity index (χ3n) is 1.97. The van der Waals surface area contributed by atoms with Crippen LogP contribution in [0.15, 0.2) is 24.3 Å². The summed E-state index contributed by atoms with van der Waals surface area (Å²) in [5, 5.41) is 2.41. The molecular weight excluding hydrogens is 197 g/mol. The lowest BCUT2D eigenvalue weighted by Gasteiger charge is -2.15. The molecule has 1 amide bonds. The van der Waals surface area contributed by atoms with E-state index in [9.17, 15) is 14.0 Å². The molecule has 1 unspecified atom stereocenters. The van der Waals surface area contributed by atoms with Crippen LogP contribution in [0.3, 0.4) is 0 Å². The van der Waals surface area contributed by atoms with Crippen molar-refractivity contribution in [2.75, 3.05) is 0 Å². The number of nitrogens with one attached hydrogen (secondary N) is 1. The van der Waals surface area contributed by atoms with E-state index in [2.05, 4.69) is 5.32 Å². The van der Waals surface area contributed by atoms with Gasteiger partial charge in [0.05, 0.1) is 0 Å². The standard InChI is InChI=1S/C11H12FNO2/c1-7(14)11(13-8(2)15)9-5-3-4-6-10(9)12/h3-6,11H,1-2H3,(H,13,15). The molecule has 0 saturated carbocycles. The average molecular weight is 209 g/mol. The van der Waals surface area contributed by atoms with Crippen LogP contribution in [-0.4, -0.2) is 11.7 Å². The monoisotopic (exact) mass is 209 g/mol. The van der Waals surface area contributed by atoms with Gasteiger partial charge in [-0.3, -0.25) is 9.59 Å². The topological polar surface area (TPSA) is 46.2 Å². The quantitative estimate of drug-likeness (QED) is 0.821. The Hall–Kier alpha value is -1.71. The van der Waals surface area contributed by atoms with Gasteiger partial charge in [-0.25, -0.2) is 4.39 Å². The van der Waals surface area contributed by atoms with Gasteiger partial charge in [0.25, 0.3) is 0 Å². The molecule has 3 nitrogen and oxygen atoms in total. The van der Waals surface area contributed by atoms with Gasteiger partial charge in [0.2, 0.25) is 5.91 Å². The Labute approximate surface area is 87.3 Å². The van der Waals surface area contributed by atoms with E-state index in [1.54, 1.807) is 6.07 Å². The van der Waals surface area contributed by atoms with Crippen LogP contribution in [0.1, 0.15) is 25.5 Å². The van der Waals surface area contributed by atoms with Crippen LogP contribution >= 0.6 is 0 Å². The fourth-order valence-corrected chi connectivity index (χ4v) is 1.31. The van der Waals surface area contributed by atoms with Crippen LogP contribution in [0.25, 0.3) is 0 Å². The number of carbonyl (C=O) groups excluding carboxylic acids is 2. The smallest absolute Gasteiger partial charge is 0.217 e. The minimum Gasteiger partial charge on any atom is -0.342 e. The minimum absolute atomic E-state index is 0.195. The summed E-state index contributed by atoms with van der Waals surface area (Å²) in [6, 6.07) is 4.99. The maximum absolute atomic E-state index is 13.3. The first-order chi connectivity index (χ1) is 7.02. The number of hydrogen-bond donors (Lipinski definition) is 1. The van der Waals surface area contributed by atoms with Crippen LogP contribution in [0, 0.1) is 5.82 Å². The van der Waals surface area contributed by atoms with E-state index in [4.69, 9.17) is 0 Å². The Bertz CT molecular complexity index is 390. The van der Waals surface area contributed by atoms with E-state index >= 15 is 0 Å². The molecule has 0 radical (unpaired) electrons. The van der Waals surface area contributed by atoms with Gasteiger partial charge in [-0.1, -0.05) is 18.2 Å². The zero-order chi connectivity index (χ0) is 11.4. The first kappa shape index (κ1) is 11.4. The summed E-state index contributed by atoms with van der Waals surface area (Å²) < 4.78 is 13.3. The number of hydrogen-bond acceptors (Lipinski definition) is 2. The molecule has 0 aliphatic carbocycles. The van der Waals surface area contributed by atoms with Gasteiger partial charge in [-0.15, -0.1) is 0 Å². The highest BCUT2D eigenvalue weighted by atomic mass is 19.1. The van der Waals surface area contributed by atoms with Crippen LogP contribution in [0.5, 0.6) is 0 Å². The summed E-state index contributed by atoms with van der Waals surface area (Å²) >= 11 is 0. The Balaban J connectivity index is 3.04. The van der Waals surface area contributed by atoms with E-state index in [1.807, 2.05) is 0 Å². The normalized spacial score (nSPS) is 11.9. The van der Waals surface area contributed by atoms with Crippen molar-refractivity contribution in [3.05, 3.63) is 35.6 Å². The largest absolute Gasteiger partial charge is 0.342 e. The third-order valence-corrected chi connectivity index (χ3v) is 1.97. The number of ketones is 1. The Morgan fingerprint density at radius 2 is 1.87 bits per heavy atom. The first-order valence-corrected chi connectivity index (χ1v) is 4.54. The molecule has 1 atom stereocenters. The predicted molar refractivity (Wildman–Crippen MR) is 53.6 cm³/mol. The van der Waals surface area contributed by atoms with Gasteiger partial charge in [0.1, 0.15) is 11.9 Å². The maximum Gasteiger partial charge on any atom is 0.217 e. The summed E-state index contributed by atoms with van der Waals surface area (Å²) in [6.07, 6.45) is 0. The van der Waals surface area contributed by atoms with E-state index in [0.717, 1.165) is 0 Å². The number of halogens is 1. The molecule has 0 bridgehead atoms. The Morgan fingerprint density at radius 1 is 1.27 bits per heavy atom. The zero-order valence-electron chi connectivity index (χ0n) is 8.58. The fourth-order valence-electron chi connectivity index (χ4n) is 1.31. The molecule has 15 heavy (non-hydrogen) atoms. The molecule has 80 valence electrons. The highest BCUT2D eigenvalue weighted by Crippen LogP contribution is 2.17. The van der Waals surface area contributed by atoms with Gasteiger partial charge < -0.3 is 5.32 Å². The van der Waals surface area contributed by atoms with Crippen molar-refractivity contribution in [2.45, 2.75) is 19.9 Å². The van der Waals surface area contributed by atoms with Crippen molar-refractivity contribution < 1.29 is 14.0 Å². The minimum atomic E-state index is -0.899. The van der Waals surface area contributed by atoms with E-state index < -0.39 is 11.9 Å². The zero-order valence-corrected chi connectivity index (χ0v) is 8.58. The van der Waals surface area contributed by atoms with Gasteiger partial charge in [0.15, 0.2) is 5.78 Å². The Morgan fingerprint density at radius 3 is 2.33 bits per heavy atom. The molecule has 0 aromatic heterocycles.